The van der Waals surface area contributed by atoms with Crippen LogP contribution in [0.15, 0.2) is 12.4 Å². The first-order chi connectivity index (χ1) is 11.0. The molecule has 0 bridgehead atoms. The molecule has 1 aliphatic rings. The molecule has 23 heavy (non-hydrogen) atoms. The molecule has 0 aliphatic heterocycles. The smallest absolute Gasteiger partial charge is 0.120 e. The topological polar surface area (TPSA) is 72.3 Å². The van der Waals surface area contributed by atoms with Gasteiger partial charge in [0.2, 0.25) is 0 Å². The minimum Gasteiger partial charge on any atom is -0.393 e. The first kappa shape index (κ1) is 21.7. The molecule has 0 amide bonds. The third-order valence-corrected chi connectivity index (χ3v) is 4.10. The number of methoxy groups -OCH3 is 1. The van der Waals surface area contributed by atoms with E-state index in [1.807, 2.05) is 20.8 Å². The second-order valence-corrected chi connectivity index (χ2v) is 5.70. The van der Waals surface area contributed by atoms with E-state index < -0.39 is 0 Å². The first-order valence-electron chi connectivity index (χ1n) is 8.42. The number of aliphatic hydroxyl groups excluding tert-OH is 1. The number of nitrogens with zero attached hydrogens (tertiary/aromatic N) is 2. The number of hydrogen-bond acceptors (Lipinski definition) is 5. The molecule has 1 fully saturated rings. The predicted octanol–water partition coefficient (Wildman–Crippen LogP) is 3.47. The van der Waals surface area contributed by atoms with Crippen LogP contribution in [0.5, 0.6) is 0 Å². The fraction of sp³-hybridized carbons (Fsp3) is 0.722. The summed E-state index contributed by atoms with van der Waals surface area (Å²) in [6.07, 6.45) is 8.97. The van der Waals surface area contributed by atoms with Crippen molar-refractivity contribution in [3.05, 3.63) is 23.8 Å². The highest BCUT2D eigenvalue weighted by Gasteiger charge is 2.37. The Morgan fingerprint density at radius 2 is 1.91 bits per heavy atom. The first-order valence-corrected chi connectivity index (χ1v) is 8.42. The molecular weight excluding hydrogens is 292 g/mol. The van der Waals surface area contributed by atoms with Crippen molar-refractivity contribution in [1.82, 2.24) is 9.97 Å². The summed E-state index contributed by atoms with van der Waals surface area (Å²) in [5.74, 6) is 0. The highest BCUT2D eigenvalue weighted by atomic mass is 16.5. The van der Waals surface area contributed by atoms with Crippen molar-refractivity contribution in [3.63, 3.8) is 0 Å². The maximum Gasteiger partial charge on any atom is 0.120 e. The molecule has 1 aliphatic carbocycles. The van der Waals surface area contributed by atoms with Gasteiger partial charge < -0.3 is 14.6 Å². The third-order valence-electron chi connectivity index (χ3n) is 4.10. The van der Waals surface area contributed by atoms with Gasteiger partial charge in [-0.1, -0.05) is 26.7 Å². The number of rotatable bonds is 5. The molecule has 1 heterocycles. The van der Waals surface area contributed by atoms with Gasteiger partial charge in [-0.05, 0) is 26.7 Å². The lowest BCUT2D eigenvalue weighted by Crippen LogP contribution is -2.30. The summed E-state index contributed by atoms with van der Waals surface area (Å²) in [4.78, 5) is 18.5. The van der Waals surface area contributed by atoms with Crippen molar-refractivity contribution < 1.29 is 14.6 Å². The molecule has 5 nitrogen and oxygen atoms in total. The standard InChI is InChI=1S/C9H16O2.C7H10N2O.C2H6/c1-8(11)9(6-7-10)4-2-3-5-9;1-6-3-9-7(4-8-6)5-10-2;1-2/h7-8,11H,2-6H2,1H3;3-4H,5H2,1-2H3;1-2H3. The van der Waals surface area contributed by atoms with Gasteiger partial charge in [-0.2, -0.15) is 0 Å². The maximum atomic E-state index is 10.4. The average Bonchev–Trinajstić information content (AvgIpc) is 3.03. The molecule has 0 saturated heterocycles. The van der Waals surface area contributed by atoms with Gasteiger partial charge in [-0.15, -0.1) is 0 Å². The van der Waals surface area contributed by atoms with Crippen molar-refractivity contribution in [2.24, 2.45) is 5.41 Å². The van der Waals surface area contributed by atoms with Gasteiger partial charge in [0.05, 0.1) is 30.3 Å². The van der Waals surface area contributed by atoms with E-state index >= 15 is 0 Å². The van der Waals surface area contributed by atoms with Crippen LogP contribution in [0.1, 0.15) is 64.3 Å². The van der Waals surface area contributed by atoms with E-state index in [2.05, 4.69) is 9.97 Å². The van der Waals surface area contributed by atoms with E-state index in [1.165, 1.54) is 12.8 Å². The number of carbonyl (C=O) groups excluding carboxylic acids is 1. The minimum absolute atomic E-state index is 0.0677. The highest BCUT2D eigenvalue weighted by Crippen LogP contribution is 2.43. The van der Waals surface area contributed by atoms with Crippen LogP contribution in [-0.2, 0) is 16.1 Å². The van der Waals surface area contributed by atoms with E-state index in [0.29, 0.717) is 13.0 Å². The number of ether oxygens (including phenoxy) is 1. The highest BCUT2D eigenvalue weighted by molar-refractivity contribution is 5.51. The Morgan fingerprint density at radius 3 is 2.30 bits per heavy atom. The van der Waals surface area contributed by atoms with Crippen LogP contribution in [0, 0.1) is 12.3 Å². The van der Waals surface area contributed by atoms with Crippen LogP contribution in [0.4, 0.5) is 0 Å². The monoisotopic (exact) mass is 324 g/mol. The van der Waals surface area contributed by atoms with Crippen molar-refractivity contribution >= 4 is 6.29 Å². The van der Waals surface area contributed by atoms with Gasteiger partial charge >= 0.3 is 0 Å². The van der Waals surface area contributed by atoms with Crippen LogP contribution in [-0.4, -0.2) is 34.6 Å². The molecule has 1 saturated carbocycles. The van der Waals surface area contributed by atoms with Crippen LogP contribution >= 0.6 is 0 Å². The van der Waals surface area contributed by atoms with Gasteiger partial charge in [0.1, 0.15) is 6.29 Å². The number of carbonyl (C=O) groups is 1. The molecule has 1 aromatic heterocycles. The third kappa shape index (κ3) is 7.66. The van der Waals surface area contributed by atoms with Gasteiger partial charge in [-0.25, -0.2) is 0 Å². The molecule has 0 radical (unpaired) electrons. The summed E-state index contributed by atoms with van der Waals surface area (Å²) < 4.78 is 4.87. The Hall–Kier alpha value is -1.33. The zero-order valence-electron chi connectivity index (χ0n) is 15.2. The van der Waals surface area contributed by atoms with Crippen molar-refractivity contribution in [3.8, 4) is 0 Å². The number of aliphatic hydroxyl groups is 1. The Balaban J connectivity index is 0.000000381. The second-order valence-electron chi connectivity index (χ2n) is 5.70. The van der Waals surface area contributed by atoms with Gasteiger partial charge in [0.25, 0.3) is 0 Å². The van der Waals surface area contributed by atoms with Crippen LogP contribution < -0.4 is 0 Å². The number of aromatic nitrogens is 2. The van der Waals surface area contributed by atoms with Gasteiger partial charge in [-0.3, -0.25) is 9.97 Å². The van der Waals surface area contributed by atoms with Crippen molar-refractivity contribution in [2.75, 3.05) is 7.11 Å². The quantitative estimate of drug-likeness (QED) is 0.840. The fourth-order valence-electron chi connectivity index (χ4n) is 2.68. The van der Waals surface area contributed by atoms with Crippen molar-refractivity contribution in [1.29, 1.82) is 0 Å². The molecule has 132 valence electrons. The van der Waals surface area contributed by atoms with Crippen LogP contribution in [0.2, 0.25) is 0 Å². The summed E-state index contributed by atoms with van der Waals surface area (Å²) in [5, 5.41) is 9.47. The zero-order chi connectivity index (χ0) is 17.7. The normalized spacial score (nSPS) is 16.4. The second kappa shape index (κ2) is 12.1. The summed E-state index contributed by atoms with van der Waals surface area (Å²) in [5.41, 5.74) is 1.73. The van der Waals surface area contributed by atoms with E-state index in [-0.39, 0.29) is 11.5 Å². The Morgan fingerprint density at radius 1 is 1.30 bits per heavy atom. The van der Waals surface area contributed by atoms with E-state index in [4.69, 9.17) is 4.74 Å². The van der Waals surface area contributed by atoms with Crippen LogP contribution in [0.25, 0.3) is 0 Å². The molecule has 0 spiro atoms. The summed E-state index contributed by atoms with van der Waals surface area (Å²) in [7, 11) is 1.64. The molecule has 1 unspecified atom stereocenters. The zero-order valence-corrected chi connectivity index (χ0v) is 15.2. The fourth-order valence-corrected chi connectivity index (χ4v) is 2.68. The Labute approximate surface area is 140 Å². The molecule has 1 aromatic rings. The number of aryl methyl sites for hydroxylation is 1. The summed E-state index contributed by atoms with van der Waals surface area (Å²) >= 11 is 0. The molecule has 1 atom stereocenters. The lowest BCUT2D eigenvalue weighted by Gasteiger charge is -2.29. The number of aldehydes is 1. The Bertz CT molecular complexity index is 413. The van der Waals surface area contributed by atoms with Crippen LogP contribution in [0.3, 0.4) is 0 Å². The maximum absolute atomic E-state index is 10.4. The number of hydrogen-bond donors (Lipinski definition) is 1. The average molecular weight is 324 g/mol. The summed E-state index contributed by atoms with van der Waals surface area (Å²) in [6, 6.07) is 0. The SMILES string of the molecule is CC.CC(O)C1(CC=O)CCCC1.COCc1cnc(C)cn1. The van der Waals surface area contributed by atoms with E-state index in [1.54, 1.807) is 26.4 Å². The van der Waals surface area contributed by atoms with Gasteiger partial charge in [0, 0.05) is 25.1 Å². The molecule has 0 aromatic carbocycles. The molecule has 2 rings (SSSR count). The lowest BCUT2D eigenvalue weighted by atomic mass is 9.78. The minimum atomic E-state index is -0.324. The summed E-state index contributed by atoms with van der Waals surface area (Å²) in [6.45, 7) is 8.24. The molecular formula is C18H32N2O3. The van der Waals surface area contributed by atoms with Gasteiger partial charge in [0.15, 0.2) is 0 Å². The van der Waals surface area contributed by atoms with E-state index in [0.717, 1.165) is 30.5 Å². The van der Waals surface area contributed by atoms with Crippen molar-refractivity contribution in [2.45, 2.75) is 72.5 Å². The predicted molar refractivity (Wildman–Crippen MR) is 92.1 cm³/mol. The molecule has 5 heteroatoms. The molecule has 1 N–H and O–H groups in total. The van der Waals surface area contributed by atoms with E-state index in [9.17, 15) is 9.90 Å². The largest absolute Gasteiger partial charge is 0.393 e. The Kier molecular flexibility index (Phi) is 11.4. The lowest BCUT2D eigenvalue weighted by molar-refractivity contribution is -0.111.